The first-order chi connectivity index (χ1) is 7.48. The third-order valence-electron chi connectivity index (χ3n) is 2.41. The monoisotopic (exact) mass is 262 g/mol. The molecule has 0 aromatic rings. The van der Waals surface area contributed by atoms with Crippen LogP contribution in [0.4, 0.5) is 0 Å². The van der Waals surface area contributed by atoms with Crippen molar-refractivity contribution in [3.05, 3.63) is 0 Å². The second-order valence-corrected chi connectivity index (χ2v) is 8.38. The second-order valence-electron chi connectivity index (χ2n) is 5.26. The number of carbonyl (C=O) groups excluding carboxylic acids is 1. The first-order valence-corrected chi connectivity index (χ1v) is 8.54. The highest BCUT2D eigenvalue weighted by Crippen LogP contribution is 2.39. The lowest BCUT2D eigenvalue weighted by atomic mass is 10.1. The average Bonchev–Trinajstić information content (AvgIpc) is 2.20. The van der Waals surface area contributed by atoms with Crippen LogP contribution in [0.3, 0.4) is 0 Å². The quantitative estimate of drug-likeness (QED) is 0.315. The molecule has 0 aliphatic heterocycles. The number of carbonyl (C=O) groups is 1. The molecule has 0 atom stereocenters. The minimum Gasteiger partial charge on any atom is -0.303 e. The Labute approximate surface area is 109 Å². The maximum absolute atomic E-state index is 10.3. The number of rotatable bonds is 10. The van der Waals surface area contributed by atoms with Crippen LogP contribution in [0.5, 0.6) is 0 Å². The van der Waals surface area contributed by atoms with Crippen LogP contribution in [0.25, 0.3) is 0 Å². The van der Waals surface area contributed by atoms with Crippen LogP contribution in [-0.4, -0.2) is 16.8 Å². The van der Waals surface area contributed by atoms with Crippen molar-refractivity contribution in [2.24, 2.45) is 5.92 Å². The zero-order valence-electron chi connectivity index (χ0n) is 11.1. The number of hydrogen-bond donors (Lipinski definition) is 0. The number of unbranched alkanes of at least 4 members (excludes halogenated alkanes) is 1. The summed E-state index contributed by atoms with van der Waals surface area (Å²) in [4.78, 5) is 10.3. The average molecular weight is 262 g/mol. The first kappa shape index (κ1) is 16.4. The predicted octanol–water partition coefficient (Wildman–Crippen LogP) is 4.95. The van der Waals surface area contributed by atoms with Crippen molar-refractivity contribution in [1.29, 1.82) is 0 Å². The van der Waals surface area contributed by atoms with Crippen LogP contribution in [0, 0.1) is 5.92 Å². The van der Waals surface area contributed by atoms with Crippen molar-refractivity contribution in [2.75, 3.05) is 5.75 Å². The van der Waals surface area contributed by atoms with Gasteiger partial charge in [-0.2, -0.15) is 0 Å². The summed E-state index contributed by atoms with van der Waals surface area (Å²) in [5, 5.41) is 0. The summed E-state index contributed by atoms with van der Waals surface area (Å²) >= 11 is 0. The van der Waals surface area contributed by atoms with E-state index in [1.165, 1.54) is 25.0 Å². The molecule has 0 amide bonds. The molecule has 0 aliphatic carbocycles. The summed E-state index contributed by atoms with van der Waals surface area (Å²) in [6, 6.07) is 0. The molecule has 0 fully saturated rings. The summed E-state index contributed by atoms with van der Waals surface area (Å²) in [5.41, 5.74) is 0. The van der Waals surface area contributed by atoms with E-state index in [1.807, 2.05) is 21.6 Å². The highest BCUT2D eigenvalue weighted by molar-refractivity contribution is 8.77. The van der Waals surface area contributed by atoms with E-state index < -0.39 is 0 Å². The van der Waals surface area contributed by atoms with Gasteiger partial charge in [0.1, 0.15) is 6.29 Å². The summed E-state index contributed by atoms with van der Waals surface area (Å²) in [6.07, 6.45) is 6.71. The van der Waals surface area contributed by atoms with Gasteiger partial charge in [0.05, 0.1) is 0 Å². The van der Waals surface area contributed by atoms with E-state index in [0.717, 1.165) is 18.6 Å². The molecule has 16 heavy (non-hydrogen) atoms. The van der Waals surface area contributed by atoms with Gasteiger partial charge in [0.15, 0.2) is 0 Å². The zero-order valence-corrected chi connectivity index (χ0v) is 12.8. The summed E-state index contributed by atoms with van der Waals surface area (Å²) in [7, 11) is 3.90. The molecule has 0 bridgehead atoms. The molecule has 0 unspecified atom stereocenters. The molecule has 0 aromatic heterocycles. The molecule has 0 saturated heterocycles. The molecule has 0 N–H and O–H groups in total. The standard InChI is InChI=1S/C13H26OS2/c1-12(2)8-5-6-11-15-16-13(3,4)9-7-10-14/h10,12H,5-9,11H2,1-4H3. The molecule has 0 rings (SSSR count). The van der Waals surface area contributed by atoms with Gasteiger partial charge < -0.3 is 4.79 Å². The fourth-order valence-electron chi connectivity index (χ4n) is 1.36. The van der Waals surface area contributed by atoms with Gasteiger partial charge in [0.25, 0.3) is 0 Å². The molecule has 3 heteroatoms. The van der Waals surface area contributed by atoms with Crippen molar-refractivity contribution in [3.63, 3.8) is 0 Å². The normalized spacial score (nSPS) is 12.1. The Hall–Kier alpha value is 0.370. The Balaban J connectivity index is 3.39. The van der Waals surface area contributed by atoms with E-state index in [-0.39, 0.29) is 4.75 Å². The molecule has 96 valence electrons. The molecule has 0 saturated carbocycles. The Morgan fingerprint density at radius 2 is 1.94 bits per heavy atom. The largest absolute Gasteiger partial charge is 0.303 e. The molecular weight excluding hydrogens is 236 g/mol. The fraction of sp³-hybridized carbons (Fsp3) is 0.923. The van der Waals surface area contributed by atoms with Crippen molar-refractivity contribution in [1.82, 2.24) is 0 Å². The third-order valence-corrected chi connectivity index (χ3v) is 5.84. The van der Waals surface area contributed by atoms with Crippen LogP contribution >= 0.6 is 21.6 Å². The maximum atomic E-state index is 10.3. The van der Waals surface area contributed by atoms with Gasteiger partial charge in [-0.15, -0.1) is 0 Å². The Morgan fingerprint density at radius 3 is 2.50 bits per heavy atom. The number of hydrogen-bond acceptors (Lipinski definition) is 3. The lowest BCUT2D eigenvalue weighted by molar-refractivity contribution is -0.108. The van der Waals surface area contributed by atoms with Gasteiger partial charge in [-0.3, -0.25) is 0 Å². The lowest BCUT2D eigenvalue weighted by Gasteiger charge is -2.21. The van der Waals surface area contributed by atoms with E-state index in [2.05, 4.69) is 27.7 Å². The van der Waals surface area contributed by atoms with E-state index in [9.17, 15) is 4.79 Å². The molecule has 1 nitrogen and oxygen atoms in total. The van der Waals surface area contributed by atoms with Gasteiger partial charge in [-0.05, 0) is 32.6 Å². The Bertz CT molecular complexity index is 179. The first-order valence-electron chi connectivity index (χ1n) is 6.22. The number of aldehydes is 1. The van der Waals surface area contributed by atoms with E-state index >= 15 is 0 Å². The van der Waals surface area contributed by atoms with Crippen molar-refractivity contribution < 1.29 is 4.79 Å². The van der Waals surface area contributed by atoms with Crippen LogP contribution in [0.1, 0.15) is 59.8 Å². The molecule has 0 aliphatic rings. The van der Waals surface area contributed by atoms with Gasteiger partial charge in [0.2, 0.25) is 0 Å². The van der Waals surface area contributed by atoms with E-state index in [0.29, 0.717) is 6.42 Å². The highest BCUT2D eigenvalue weighted by atomic mass is 33.1. The zero-order chi connectivity index (χ0) is 12.4. The van der Waals surface area contributed by atoms with Crippen LogP contribution in [0.15, 0.2) is 0 Å². The van der Waals surface area contributed by atoms with Crippen molar-refractivity contribution in [2.45, 2.75) is 64.5 Å². The van der Waals surface area contributed by atoms with Gasteiger partial charge in [-0.1, -0.05) is 48.3 Å². The third kappa shape index (κ3) is 10.9. The minimum absolute atomic E-state index is 0.240. The maximum Gasteiger partial charge on any atom is 0.120 e. The Morgan fingerprint density at radius 1 is 1.25 bits per heavy atom. The van der Waals surface area contributed by atoms with Crippen molar-refractivity contribution in [3.8, 4) is 0 Å². The van der Waals surface area contributed by atoms with E-state index in [1.54, 1.807) is 0 Å². The molecule has 0 heterocycles. The van der Waals surface area contributed by atoms with Crippen LogP contribution in [0.2, 0.25) is 0 Å². The topological polar surface area (TPSA) is 17.1 Å². The summed E-state index contributed by atoms with van der Waals surface area (Å²) < 4.78 is 0.240. The summed E-state index contributed by atoms with van der Waals surface area (Å²) in [5.74, 6) is 2.07. The van der Waals surface area contributed by atoms with Gasteiger partial charge in [0, 0.05) is 16.9 Å². The Kier molecular flexibility index (Phi) is 9.62. The van der Waals surface area contributed by atoms with Gasteiger partial charge >= 0.3 is 0 Å². The lowest BCUT2D eigenvalue weighted by Crippen LogP contribution is -2.13. The molecule has 0 radical (unpaired) electrons. The van der Waals surface area contributed by atoms with Gasteiger partial charge in [-0.25, -0.2) is 0 Å². The SMILES string of the molecule is CC(C)CCCCSSC(C)(C)CCC=O. The second kappa shape index (κ2) is 9.41. The van der Waals surface area contributed by atoms with Crippen molar-refractivity contribution >= 4 is 27.9 Å². The summed E-state index contributed by atoms with van der Waals surface area (Å²) in [6.45, 7) is 9.01. The predicted molar refractivity (Wildman–Crippen MR) is 78.1 cm³/mol. The fourth-order valence-corrected chi connectivity index (χ4v) is 4.10. The molecular formula is C13H26OS2. The molecule has 0 spiro atoms. The molecule has 0 aromatic carbocycles. The highest BCUT2D eigenvalue weighted by Gasteiger charge is 2.17. The van der Waals surface area contributed by atoms with Crippen LogP contribution < -0.4 is 0 Å². The minimum atomic E-state index is 0.240. The van der Waals surface area contributed by atoms with E-state index in [4.69, 9.17) is 0 Å². The smallest absolute Gasteiger partial charge is 0.120 e. The van der Waals surface area contributed by atoms with Crippen LogP contribution in [-0.2, 0) is 4.79 Å².